The summed E-state index contributed by atoms with van der Waals surface area (Å²) in [6.07, 6.45) is 2.85. The largest absolute Gasteiger partial charge is 0.467 e. The summed E-state index contributed by atoms with van der Waals surface area (Å²) in [5.41, 5.74) is 3.91. The average Bonchev–Trinajstić information content (AvgIpc) is 2.78. The molecule has 2 heteroatoms. The molecule has 0 aliphatic carbocycles. The van der Waals surface area contributed by atoms with Crippen LogP contribution >= 0.6 is 0 Å². The van der Waals surface area contributed by atoms with E-state index in [0.29, 0.717) is 0 Å². The van der Waals surface area contributed by atoms with Crippen LogP contribution in [-0.4, -0.2) is 6.54 Å². The summed E-state index contributed by atoms with van der Waals surface area (Å²) in [7, 11) is 0. The molecule has 2 aromatic rings. The number of fused-ring (bicyclic) bond motifs is 1. The smallest absolute Gasteiger partial charge is 0.128 e. The molecule has 16 heavy (non-hydrogen) atoms. The second-order valence-electron chi connectivity index (χ2n) is 4.36. The number of rotatable bonds is 1. The lowest BCUT2D eigenvalue weighted by Crippen LogP contribution is -2.29. The van der Waals surface area contributed by atoms with Gasteiger partial charge in [0.2, 0.25) is 0 Å². The molecule has 1 unspecified atom stereocenters. The molecule has 0 fully saturated rings. The number of benzene rings is 1. The van der Waals surface area contributed by atoms with Gasteiger partial charge in [-0.1, -0.05) is 29.8 Å². The Morgan fingerprint density at radius 2 is 2.00 bits per heavy atom. The third-order valence-corrected chi connectivity index (χ3v) is 3.20. The van der Waals surface area contributed by atoms with E-state index in [1.165, 1.54) is 16.7 Å². The quantitative estimate of drug-likeness (QED) is 0.788. The van der Waals surface area contributed by atoms with Crippen molar-refractivity contribution < 1.29 is 4.42 Å². The van der Waals surface area contributed by atoms with E-state index in [0.717, 1.165) is 18.7 Å². The zero-order valence-corrected chi connectivity index (χ0v) is 9.36. The molecule has 0 saturated heterocycles. The van der Waals surface area contributed by atoms with E-state index in [2.05, 4.69) is 42.6 Å². The minimum atomic E-state index is 0.222. The van der Waals surface area contributed by atoms with Gasteiger partial charge in [0.15, 0.2) is 0 Å². The van der Waals surface area contributed by atoms with Gasteiger partial charge in [0.25, 0.3) is 0 Å². The fourth-order valence-corrected chi connectivity index (χ4v) is 2.28. The summed E-state index contributed by atoms with van der Waals surface area (Å²) in [4.78, 5) is 0. The first-order valence-corrected chi connectivity index (χ1v) is 5.71. The maximum atomic E-state index is 5.59. The van der Waals surface area contributed by atoms with E-state index in [9.17, 15) is 0 Å². The molecule has 0 saturated carbocycles. The zero-order chi connectivity index (χ0) is 11.0. The highest BCUT2D eigenvalue weighted by Gasteiger charge is 2.23. The Kier molecular flexibility index (Phi) is 2.29. The molecule has 0 radical (unpaired) electrons. The summed E-state index contributed by atoms with van der Waals surface area (Å²) in [6, 6.07) is 10.9. The minimum absolute atomic E-state index is 0.222. The van der Waals surface area contributed by atoms with Crippen LogP contribution in [0.4, 0.5) is 0 Å². The highest BCUT2D eigenvalue weighted by Crippen LogP contribution is 2.29. The number of aryl methyl sites for hydroxylation is 1. The van der Waals surface area contributed by atoms with Gasteiger partial charge in [-0.05, 0) is 30.5 Å². The van der Waals surface area contributed by atoms with Gasteiger partial charge in [-0.25, -0.2) is 0 Å². The number of furan rings is 1. The third-order valence-electron chi connectivity index (χ3n) is 3.20. The summed E-state index contributed by atoms with van der Waals surface area (Å²) in [6.45, 7) is 3.13. The first-order chi connectivity index (χ1) is 7.84. The maximum Gasteiger partial charge on any atom is 0.128 e. The van der Waals surface area contributed by atoms with Crippen LogP contribution in [0.15, 0.2) is 41.0 Å². The van der Waals surface area contributed by atoms with Crippen LogP contribution in [0.1, 0.15) is 28.5 Å². The number of hydrogen-bond donors (Lipinski definition) is 1. The third kappa shape index (κ3) is 1.55. The molecule has 2 nitrogen and oxygen atoms in total. The Hall–Kier alpha value is -1.54. The van der Waals surface area contributed by atoms with Gasteiger partial charge in [0.1, 0.15) is 5.76 Å². The van der Waals surface area contributed by atoms with Crippen LogP contribution in [0.2, 0.25) is 0 Å². The second kappa shape index (κ2) is 3.80. The molecule has 0 amide bonds. The highest BCUT2D eigenvalue weighted by molar-refractivity contribution is 5.34. The van der Waals surface area contributed by atoms with Gasteiger partial charge in [0.05, 0.1) is 12.3 Å². The van der Waals surface area contributed by atoms with Crippen molar-refractivity contribution >= 4 is 0 Å². The predicted molar refractivity (Wildman–Crippen MR) is 63.4 cm³/mol. The Bertz CT molecular complexity index is 484. The van der Waals surface area contributed by atoms with Gasteiger partial charge in [-0.2, -0.15) is 0 Å². The van der Waals surface area contributed by atoms with Crippen molar-refractivity contribution in [3.8, 4) is 0 Å². The molecule has 2 heterocycles. The number of nitrogens with one attached hydrogen (secondary N) is 1. The van der Waals surface area contributed by atoms with Crippen LogP contribution in [0, 0.1) is 6.92 Å². The second-order valence-corrected chi connectivity index (χ2v) is 4.36. The van der Waals surface area contributed by atoms with Crippen molar-refractivity contribution in [1.82, 2.24) is 5.32 Å². The molecule has 1 aliphatic heterocycles. The molecule has 1 aromatic heterocycles. The Morgan fingerprint density at radius 1 is 1.19 bits per heavy atom. The highest BCUT2D eigenvalue weighted by atomic mass is 16.3. The molecular formula is C14H15NO. The van der Waals surface area contributed by atoms with Gasteiger partial charge >= 0.3 is 0 Å². The van der Waals surface area contributed by atoms with Crippen LogP contribution in [0.25, 0.3) is 0 Å². The van der Waals surface area contributed by atoms with Crippen molar-refractivity contribution in [3.63, 3.8) is 0 Å². The fourth-order valence-electron chi connectivity index (χ4n) is 2.28. The van der Waals surface area contributed by atoms with Gasteiger partial charge in [-0.15, -0.1) is 0 Å². The first kappa shape index (κ1) is 9.67. The van der Waals surface area contributed by atoms with E-state index >= 15 is 0 Å². The summed E-state index contributed by atoms with van der Waals surface area (Å²) < 4.78 is 5.59. The molecule has 1 atom stereocenters. The average molecular weight is 213 g/mol. The molecule has 0 spiro atoms. The Labute approximate surface area is 95.3 Å². The normalized spacial score (nSPS) is 19.4. The molecule has 1 aromatic carbocycles. The lowest BCUT2D eigenvalue weighted by molar-refractivity contribution is 0.425. The Balaban J connectivity index is 2.00. The zero-order valence-electron chi connectivity index (χ0n) is 9.36. The van der Waals surface area contributed by atoms with Crippen molar-refractivity contribution in [1.29, 1.82) is 0 Å². The van der Waals surface area contributed by atoms with Gasteiger partial charge < -0.3 is 9.73 Å². The summed E-state index contributed by atoms with van der Waals surface area (Å²) in [5.74, 6) is 1.08. The minimum Gasteiger partial charge on any atom is -0.467 e. The SMILES string of the molecule is Cc1ccc(C2NCCc3ccoc32)cc1. The predicted octanol–water partition coefficient (Wildman–Crippen LogP) is 2.82. The summed E-state index contributed by atoms with van der Waals surface area (Å²) >= 11 is 0. The molecule has 82 valence electrons. The molecular weight excluding hydrogens is 198 g/mol. The summed E-state index contributed by atoms with van der Waals surface area (Å²) in [5, 5.41) is 3.50. The first-order valence-electron chi connectivity index (χ1n) is 5.71. The van der Waals surface area contributed by atoms with E-state index in [4.69, 9.17) is 4.42 Å². The van der Waals surface area contributed by atoms with Crippen molar-refractivity contribution in [2.45, 2.75) is 19.4 Å². The Morgan fingerprint density at radius 3 is 2.81 bits per heavy atom. The van der Waals surface area contributed by atoms with E-state index in [1.807, 2.05) is 0 Å². The topological polar surface area (TPSA) is 25.2 Å². The van der Waals surface area contributed by atoms with Gasteiger partial charge in [0, 0.05) is 6.54 Å². The van der Waals surface area contributed by atoms with Crippen LogP contribution in [-0.2, 0) is 6.42 Å². The van der Waals surface area contributed by atoms with E-state index < -0.39 is 0 Å². The molecule has 1 aliphatic rings. The van der Waals surface area contributed by atoms with Crippen molar-refractivity contribution in [2.24, 2.45) is 0 Å². The van der Waals surface area contributed by atoms with Crippen LogP contribution < -0.4 is 5.32 Å². The van der Waals surface area contributed by atoms with Crippen LogP contribution in [0.3, 0.4) is 0 Å². The lowest BCUT2D eigenvalue weighted by atomic mass is 9.96. The molecule has 3 rings (SSSR count). The monoisotopic (exact) mass is 213 g/mol. The molecule has 1 N–H and O–H groups in total. The maximum absolute atomic E-state index is 5.59. The standard InChI is InChI=1S/C14H15NO/c1-10-2-4-11(5-3-10)13-14-12(6-8-15-13)7-9-16-14/h2-5,7,9,13,15H,6,8H2,1H3. The van der Waals surface area contributed by atoms with Crippen molar-refractivity contribution in [2.75, 3.05) is 6.54 Å². The molecule has 0 bridgehead atoms. The lowest BCUT2D eigenvalue weighted by Gasteiger charge is -2.23. The van der Waals surface area contributed by atoms with Crippen molar-refractivity contribution in [3.05, 3.63) is 59.0 Å². The van der Waals surface area contributed by atoms with E-state index in [-0.39, 0.29) is 6.04 Å². The number of hydrogen-bond acceptors (Lipinski definition) is 2. The van der Waals surface area contributed by atoms with Gasteiger partial charge in [-0.3, -0.25) is 0 Å². The fraction of sp³-hybridized carbons (Fsp3) is 0.286. The van der Waals surface area contributed by atoms with Crippen LogP contribution in [0.5, 0.6) is 0 Å². The van der Waals surface area contributed by atoms with E-state index in [1.54, 1.807) is 6.26 Å².